The molecule has 274 valence electrons. The second-order valence-corrected chi connectivity index (χ2v) is 10.9. The van der Waals surface area contributed by atoms with Gasteiger partial charge in [-0.2, -0.15) is 0 Å². The van der Waals surface area contributed by atoms with Crippen molar-refractivity contribution in [3.63, 3.8) is 0 Å². The first-order valence-corrected chi connectivity index (χ1v) is 15.8. The molecule has 0 bridgehead atoms. The van der Waals surface area contributed by atoms with E-state index in [0.29, 0.717) is 29.9 Å². The van der Waals surface area contributed by atoms with Crippen molar-refractivity contribution in [3.05, 3.63) is 41.7 Å². The minimum atomic E-state index is -1.38. The van der Waals surface area contributed by atoms with Crippen molar-refractivity contribution < 1.29 is 62.1 Å². The molecule has 1 heterocycles. The highest BCUT2D eigenvalue weighted by Gasteiger charge is 2.31. The van der Waals surface area contributed by atoms with Gasteiger partial charge in [0.2, 0.25) is 12.3 Å². The molecule has 17 heteroatoms. The summed E-state index contributed by atoms with van der Waals surface area (Å²) < 4.78 is 25.1. The molecule has 2 rings (SSSR count). The Labute approximate surface area is 288 Å². The van der Waals surface area contributed by atoms with Gasteiger partial charge < -0.3 is 39.3 Å². The number of hydrogen-bond acceptors (Lipinski definition) is 13. The molecular weight excluding hydrogens is 660 g/mol. The van der Waals surface area contributed by atoms with Crippen LogP contribution in [0.1, 0.15) is 73.3 Å². The predicted molar refractivity (Wildman–Crippen MR) is 173 cm³/mol. The van der Waals surface area contributed by atoms with Gasteiger partial charge in [-0.15, -0.1) is 0 Å². The van der Waals surface area contributed by atoms with Crippen LogP contribution in [0.15, 0.2) is 34.7 Å². The van der Waals surface area contributed by atoms with Crippen molar-refractivity contribution in [1.29, 1.82) is 0 Å². The first-order chi connectivity index (χ1) is 23.9. The third-order valence-corrected chi connectivity index (χ3v) is 7.60. The number of furan rings is 1. The smallest absolute Gasteiger partial charge is 0.343 e. The Morgan fingerprint density at radius 1 is 0.920 bits per heavy atom. The summed E-state index contributed by atoms with van der Waals surface area (Å²) in [5, 5.41) is 18.0. The summed E-state index contributed by atoms with van der Waals surface area (Å²) in [4.78, 5) is 86.0. The van der Waals surface area contributed by atoms with Gasteiger partial charge in [-0.05, 0) is 37.1 Å². The lowest BCUT2D eigenvalue weighted by Gasteiger charge is -2.29. The Bertz CT molecular complexity index is 1490. The zero-order valence-corrected chi connectivity index (χ0v) is 28.6. The first kappa shape index (κ1) is 40.7. The van der Waals surface area contributed by atoms with Crippen molar-refractivity contribution in [2.75, 3.05) is 34.6 Å². The summed E-state index contributed by atoms with van der Waals surface area (Å²) in [5.74, 6) is -5.14. The topological polar surface area (TPSA) is 229 Å². The molecule has 0 radical (unpaired) electrons. The van der Waals surface area contributed by atoms with Gasteiger partial charge in [-0.1, -0.05) is 39.2 Å². The van der Waals surface area contributed by atoms with E-state index in [2.05, 4.69) is 30.2 Å². The molecule has 1 aromatic heterocycles. The molecule has 1 aromatic carbocycles. The van der Waals surface area contributed by atoms with Crippen LogP contribution in [0.25, 0.3) is 11.3 Å². The van der Waals surface area contributed by atoms with Gasteiger partial charge in [-0.3, -0.25) is 29.2 Å². The molecule has 17 nitrogen and oxygen atoms in total. The summed E-state index contributed by atoms with van der Waals surface area (Å²) in [6.45, 7) is 2.92. The lowest BCUT2D eigenvalue weighted by Crippen LogP contribution is -2.47. The van der Waals surface area contributed by atoms with E-state index in [-0.39, 0.29) is 35.9 Å². The molecular formula is C33H44N4O13. The summed E-state index contributed by atoms with van der Waals surface area (Å²) in [6.07, 6.45) is 3.02. The largest absolute Gasteiger partial charge is 0.481 e. The molecule has 0 aliphatic rings. The third kappa shape index (κ3) is 11.9. The molecule has 0 fully saturated rings. The van der Waals surface area contributed by atoms with Crippen LogP contribution in [-0.2, 0) is 38.2 Å². The number of nitrogens with zero attached hydrogens (tertiary/aromatic N) is 1. The first-order valence-electron chi connectivity index (χ1n) is 15.8. The number of carbonyl (C=O) groups is 7. The zero-order valence-electron chi connectivity index (χ0n) is 28.6. The summed E-state index contributed by atoms with van der Waals surface area (Å²) in [7, 11) is 3.35. The molecule has 0 aliphatic heterocycles. The van der Waals surface area contributed by atoms with E-state index in [1.807, 2.05) is 6.92 Å². The zero-order chi connectivity index (χ0) is 37.2. The normalized spacial score (nSPS) is 12.4. The van der Waals surface area contributed by atoms with Gasteiger partial charge in [-0.25, -0.2) is 14.7 Å². The fraction of sp³-hybridized carbons (Fsp3) is 0.485. The second kappa shape index (κ2) is 20.8. The number of esters is 3. The van der Waals surface area contributed by atoms with Crippen molar-refractivity contribution in [3.8, 4) is 17.1 Å². The highest BCUT2D eigenvalue weighted by Crippen LogP contribution is 2.29. The van der Waals surface area contributed by atoms with Crippen LogP contribution < -0.4 is 20.7 Å². The maximum Gasteiger partial charge on any atom is 0.343 e. The van der Waals surface area contributed by atoms with Crippen LogP contribution in [0.4, 0.5) is 0 Å². The molecule has 0 spiro atoms. The van der Waals surface area contributed by atoms with Gasteiger partial charge >= 0.3 is 17.9 Å². The van der Waals surface area contributed by atoms with Gasteiger partial charge in [0.15, 0.2) is 12.4 Å². The minimum absolute atomic E-state index is 0.118. The van der Waals surface area contributed by atoms with E-state index in [9.17, 15) is 38.8 Å². The Morgan fingerprint density at radius 2 is 1.64 bits per heavy atom. The van der Waals surface area contributed by atoms with Gasteiger partial charge in [0, 0.05) is 5.56 Å². The van der Waals surface area contributed by atoms with Crippen molar-refractivity contribution >= 4 is 42.0 Å². The molecule has 3 unspecified atom stereocenters. The average molecular weight is 705 g/mol. The molecule has 2 aromatic rings. The molecule has 50 heavy (non-hydrogen) atoms. The lowest BCUT2D eigenvalue weighted by molar-refractivity contribution is -0.168. The van der Waals surface area contributed by atoms with Crippen LogP contribution >= 0.6 is 0 Å². The number of hydrogen-bond donors (Lipinski definition) is 4. The van der Waals surface area contributed by atoms with Gasteiger partial charge in [0.1, 0.15) is 17.6 Å². The van der Waals surface area contributed by atoms with Crippen molar-refractivity contribution in [2.24, 2.45) is 5.92 Å². The molecule has 4 N–H and O–H groups in total. The SMILES string of the molecule is CCCCCC(C(=O)NCNC(=O)c1ccc(-c2ccc(C(=O)NC(CC(=O)OC)C(=O)OC)c(OCC(=O)OC)c2)o1)C(CC)N(O)C=O. The fourth-order valence-electron chi connectivity index (χ4n) is 4.89. The molecule has 3 atom stereocenters. The molecule has 0 saturated heterocycles. The number of nitrogens with one attached hydrogen (secondary N) is 3. The lowest BCUT2D eigenvalue weighted by atomic mass is 9.90. The number of hydroxylamine groups is 2. The standard InChI is InChI=1S/C33H44N4O13/c1-6-8-9-10-21(24(7-2)37(45)19-38)30(41)34-18-35-32(43)26-14-13-25(50-26)20-11-12-22(27(15-20)49-17-29(40)47-4)31(42)36-23(33(44)48-5)16-28(39)46-3/h11-15,19,21,23-24,45H,6-10,16-18H2,1-5H3,(H,34,41)(H,35,43)(H,36,42). The highest BCUT2D eigenvalue weighted by atomic mass is 16.6. The Balaban J connectivity index is 2.22. The second-order valence-electron chi connectivity index (χ2n) is 10.9. The monoisotopic (exact) mass is 704 g/mol. The Morgan fingerprint density at radius 3 is 2.26 bits per heavy atom. The van der Waals surface area contributed by atoms with E-state index in [0.717, 1.165) is 34.2 Å². The van der Waals surface area contributed by atoms with Crippen LogP contribution in [0.2, 0.25) is 0 Å². The number of methoxy groups -OCH3 is 3. The van der Waals surface area contributed by atoms with Gasteiger partial charge in [0.25, 0.3) is 11.8 Å². The van der Waals surface area contributed by atoms with Gasteiger partial charge in [0.05, 0.1) is 51.9 Å². The number of benzene rings is 1. The van der Waals surface area contributed by atoms with E-state index < -0.39 is 66.7 Å². The Hall–Kier alpha value is -5.45. The van der Waals surface area contributed by atoms with Crippen LogP contribution in [-0.4, -0.2) is 99.0 Å². The molecule has 0 aliphatic carbocycles. The quantitative estimate of drug-likeness (QED) is 0.0277. The number of amides is 4. The van der Waals surface area contributed by atoms with Crippen LogP contribution in [0, 0.1) is 5.92 Å². The Kier molecular flexibility index (Phi) is 17.0. The molecule has 4 amide bonds. The number of carbonyl (C=O) groups excluding carboxylic acids is 7. The van der Waals surface area contributed by atoms with E-state index >= 15 is 0 Å². The highest BCUT2D eigenvalue weighted by molar-refractivity contribution is 6.00. The van der Waals surface area contributed by atoms with E-state index in [1.165, 1.54) is 30.3 Å². The number of unbranched alkanes of at least 4 members (excludes halogenated alkanes) is 2. The predicted octanol–water partition coefficient (Wildman–Crippen LogP) is 1.96. The number of ether oxygens (including phenoxy) is 4. The van der Waals surface area contributed by atoms with Crippen molar-refractivity contribution in [1.82, 2.24) is 21.0 Å². The number of rotatable bonds is 21. The molecule has 0 saturated carbocycles. The minimum Gasteiger partial charge on any atom is -0.481 e. The summed E-state index contributed by atoms with van der Waals surface area (Å²) in [5.41, 5.74) is 0.213. The maximum atomic E-state index is 13.2. The van der Waals surface area contributed by atoms with Crippen molar-refractivity contribution in [2.45, 2.75) is 64.5 Å². The van der Waals surface area contributed by atoms with Crippen LogP contribution in [0.3, 0.4) is 0 Å². The maximum absolute atomic E-state index is 13.2. The summed E-state index contributed by atoms with van der Waals surface area (Å²) >= 11 is 0. The summed E-state index contributed by atoms with van der Waals surface area (Å²) in [6, 6.07) is 4.87. The average Bonchev–Trinajstić information content (AvgIpc) is 3.63. The van der Waals surface area contributed by atoms with Crippen LogP contribution in [0.5, 0.6) is 5.75 Å². The van der Waals surface area contributed by atoms with E-state index in [1.54, 1.807) is 6.92 Å². The van der Waals surface area contributed by atoms with E-state index in [4.69, 9.17) is 9.15 Å². The fourth-order valence-corrected chi connectivity index (χ4v) is 4.89. The third-order valence-electron chi connectivity index (χ3n) is 7.60.